The van der Waals surface area contributed by atoms with Crippen molar-refractivity contribution in [2.45, 2.75) is 12.5 Å². The lowest BCUT2D eigenvalue weighted by atomic mass is 10.0. The standard InChI is InChI=1S/C11H11NO/c13-11(10-6-7-12-8-10)9-4-2-1-3-5-9/h1-5,7-8,11,13H,6H2. The molecule has 1 aliphatic heterocycles. The van der Waals surface area contributed by atoms with Gasteiger partial charge in [0, 0.05) is 18.8 Å². The molecule has 1 heterocycles. The molecule has 1 unspecified atom stereocenters. The van der Waals surface area contributed by atoms with Gasteiger partial charge in [-0.2, -0.15) is 0 Å². The van der Waals surface area contributed by atoms with Crippen LogP contribution in [0.5, 0.6) is 0 Å². The molecule has 1 aliphatic rings. The van der Waals surface area contributed by atoms with Gasteiger partial charge in [-0.05, 0) is 11.1 Å². The van der Waals surface area contributed by atoms with Gasteiger partial charge in [-0.1, -0.05) is 30.3 Å². The molecule has 2 nitrogen and oxygen atoms in total. The molecule has 13 heavy (non-hydrogen) atoms. The van der Waals surface area contributed by atoms with Gasteiger partial charge in [0.2, 0.25) is 0 Å². The van der Waals surface area contributed by atoms with Crippen LogP contribution >= 0.6 is 0 Å². The maximum Gasteiger partial charge on any atom is 0.102 e. The average molecular weight is 173 g/mol. The highest BCUT2D eigenvalue weighted by Crippen LogP contribution is 2.25. The molecular formula is C11H11NO. The summed E-state index contributed by atoms with van der Waals surface area (Å²) < 4.78 is 0. The van der Waals surface area contributed by atoms with Crippen LogP contribution in [0, 0.1) is 0 Å². The normalized spacial score (nSPS) is 17.2. The Morgan fingerprint density at radius 2 is 2.00 bits per heavy atom. The summed E-state index contributed by atoms with van der Waals surface area (Å²) >= 11 is 0. The molecule has 0 fully saturated rings. The predicted octanol–water partition coefficient (Wildman–Crippen LogP) is 2.08. The molecule has 2 heteroatoms. The van der Waals surface area contributed by atoms with Crippen LogP contribution in [0.3, 0.4) is 0 Å². The van der Waals surface area contributed by atoms with Crippen molar-refractivity contribution in [3.05, 3.63) is 47.7 Å². The Bertz CT molecular complexity index is 340. The summed E-state index contributed by atoms with van der Waals surface area (Å²) in [5, 5.41) is 9.87. The van der Waals surface area contributed by atoms with Crippen LogP contribution in [0.25, 0.3) is 0 Å². The number of rotatable bonds is 2. The SMILES string of the molecule is OC(C1=CN=CC1)c1ccccc1. The van der Waals surface area contributed by atoms with Crippen molar-refractivity contribution in [2.24, 2.45) is 4.99 Å². The topological polar surface area (TPSA) is 32.6 Å². The third-order valence-corrected chi connectivity index (χ3v) is 2.14. The first kappa shape index (κ1) is 8.20. The van der Waals surface area contributed by atoms with Crippen LogP contribution in [-0.2, 0) is 0 Å². The van der Waals surface area contributed by atoms with E-state index in [2.05, 4.69) is 4.99 Å². The largest absolute Gasteiger partial charge is 0.384 e. The van der Waals surface area contributed by atoms with E-state index >= 15 is 0 Å². The van der Waals surface area contributed by atoms with Crippen LogP contribution in [0.15, 0.2) is 47.1 Å². The lowest BCUT2D eigenvalue weighted by Gasteiger charge is -2.10. The highest BCUT2D eigenvalue weighted by atomic mass is 16.3. The Morgan fingerprint density at radius 1 is 1.23 bits per heavy atom. The van der Waals surface area contributed by atoms with Gasteiger partial charge in [-0.25, -0.2) is 0 Å². The van der Waals surface area contributed by atoms with Crippen molar-refractivity contribution in [3.8, 4) is 0 Å². The Morgan fingerprint density at radius 3 is 2.62 bits per heavy atom. The van der Waals surface area contributed by atoms with E-state index in [0.717, 1.165) is 17.6 Å². The zero-order chi connectivity index (χ0) is 9.10. The monoisotopic (exact) mass is 173 g/mol. The van der Waals surface area contributed by atoms with E-state index in [1.165, 1.54) is 0 Å². The van der Waals surface area contributed by atoms with E-state index in [1.807, 2.05) is 36.5 Å². The first-order valence-electron chi connectivity index (χ1n) is 4.31. The first-order chi connectivity index (χ1) is 6.38. The number of hydrogen-bond acceptors (Lipinski definition) is 2. The van der Waals surface area contributed by atoms with Crippen LogP contribution < -0.4 is 0 Å². The quantitative estimate of drug-likeness (QED) is 0.729. The van der Waals surface area contributed by atoms with Gasteiger partial charge in [0.25, 0.3) is 0 Å². The maximum atomic E-state index is 9.87. The minimum atomic E-state index is -0.497. The lowest BCUT2D eigenvalue weighted by molar-refractivity contribution is 0.214. The third kappa shape index (κ3) is 1.68. The fourth-order valence-electron chi connectivity index (χ4n) is 1.39. The molecule has 0 radical (unpaired) electrons. The van der Waals surface area contributed by atoms with Gasteiger partial charge in [0.05, 0.1) is 0 Å². The smallest absolute Gasteiger partial charge is 0.102 e. The molecule has 0 spiro atoms. The predicted molar refractivity (Wildman–Crippen MR) is 52.6 cm³/mol. The number of nitrogens with zero attached hydrogens (tertiary/aromatic N) is 1. The van der Waals surface area contributed by atoms with E-state index in [0.29, 0.717) is 0 Å². The van der Waals surface area contributed by atoms with Crippen molar-refractivity contribution in [2.75, 3.05) is 0 Å². The van der Waals surface area contributed by atoms with Gasteiger partial charge in [0.1, 0.15) is 6.10 Å². The van der Waals surface area contributed by atoms with E-state index in [-0.39, 0.29) is 0 Å². The highest BCUT2D eigenvalue weighted by Gasteiger charge is 2.13. The fraction of sp³-hybridized carbons (Fsp3) is 0.182. The molecule has 0 bridgehead atoms. The summed E-state index contributed by atoms with van der Waals surface area (Å²) in [6.45, 7) is 0. The Hall–Kier alpha value is -1.41. The maximum absolute atomic E-state index is 9.87. The third-order valence-electron chi connectivity index (χ3n) is 2.14. The molecule has 1 atom stereocenters. The second kappa shape index (κ2) is 3.54. The second-order valence-electron chi connectivity index (χ2n) is 3.05. The van der Waals surface area contributed by atoms with E-state index in [9.17, 15) is 5.11 Å². The van der Waals surface area contributed by atoms with Crippen LogP contribution in [0.2, 0.25) is 0 Å². The number of aliphatic hydroxyl groups excluding tert-OH is 1. The van der Waals surface area contributed by atoms with Gasteiger partial charge in [-0.15, -0.1) is 0 Å². The molecule has 1 aromatic rings. The molecule has 1 aromatic carbocycles. The molecule has 2 rings (SSSR count). The summed E-state index contributed by atoms with van der Waals surface area (Å²) in [7, 11) is 0. The molecular weight excluding hydrogens is 162 g/mol. The van der Waals surface area contributed by atoms with Crippen LogP contribution in [0.1, 0.15) is 18.1 Å². The van der Waals surface area contributed by atoms with Gasteiger partial charge < -0.3 is 5.11 Å². The van der Waals surface area contributed by atoms with E-state index < -0.39 is 6.10 Å². The lowest BCUT2D eigenvalue weighted by Crippen LogP contribution is -1.99. The van der Waals surface area contributed by atoms with E-state index in [4.69, 9.17) is 0 Å². The van der Waals surface area contributed by atoms with Crippen molar-refractivity contribution < 1.29 is 5.11 Å². The van der Waals surface area contributed by atoms with Crippen LogP contribution in [-0.4, -0.2) is 11.3 Å². The summed E-state index contributed by atoms with van der Waals surface area (Å²) in [5.74, 6) is 0. The minimum Gasteiger partial charge on any atom is -0.384 e. The molecule has 1 N–H and O–H groups in total. The highest BCUT2D eigenvalue weighted by molar-refractivity contribution is 5.66. The Labute approximate surface area is 77.3 Å². The summed E-state index contributed by atoms with van der Waals surface area (Å²) in [6, 6.07) is 9.63. The Balaban J connectivity index is 2.18. The van der Waals surface area contributed by atoms with Crippen LogP contribution in [0.4, 0.5) is 0 Å². The summed E-state index contributed by atoms with van der Waals surface area (Å²) in [4.78, 5) is 3.96. The first-order valence-corrected chi connectivity index (χ1v) is 4.31. The minimum absolute atomic E-state index is 0.497. The van der Waals surface area contributed by atoms with Crippen molar-refractivity contribution in [1.82, 2.24) is 0 Å². The van der Waals surface area contributed by atoms with Gasteiger partial charge in [0.15, 0.2) is 0 Å². The Kier molecular flexibility index (Phi) is 2.23. The van der Waals surface area contributed by atoms with Crippen molar-refractivity contribution >= 4 is 6.21 Å². The van der Waals surface area contributed by atoms with Gasteiger partial charge >= 0.3 is 0 Å². The number of aliphatic imine (C=N–C) groups is 1. The number of benzene rings is 1. The molecule has 0 amide bonds. The molecule has 0 aliphatic carbocycles. The zero-order valence-corrected chi connectivity index (χ0v) is 7.22. The number of hydrogen-bond donors (Lipinski definition) is 1. The average Bonchev–Trinajstić information content (AvgIpc) is 2.71. The fourth-order valence-corrected chi connectivity index (χ4v) is 1.39. The van der Waals surface area contributed by atoms with E-state index in [1.54, 1.807) is 6.20 Å². The summed E-state index contributed by atoms with van der Waals surface area (Å²) in [5.41, 5.74) is 1.89. The molecule has 66 valence electrons. The van der Waals surface area contributed by atoms with Crippen molar-refractivity contribution in [1.29, 1.82) is 0 Å². The molecule has 0 saturated carbocycles. The number of aliphatic hydroxyl groups is 1. The van der Waals surface area contributed by atoms with Gasteiger partial charge in [-0.3, -0.25) is 4.99 Å². The zero-order valence-electron chi connectivity index (χ0n) is 7.22. The second-order valence-corrected chi connectivity index (χ2v) is 3.05. The molecule has 0 aromatic heterocycles. The summed E-state index contributed by atoms with van der Waals surface area (Å²) in [6.07, 6.45) is 3.80. The molecule has 0 saturated heterocycles. The van der Waals surface area contributed by atoms with Crippen molar-refractivity contribution in [3.63, 3.8) is 0 Å².